The highest BCUT2D eigenvalue weighted by Gasteiger charge is 2.21. The van der Waals surface area contributed by atoms with Gasteiger partial charge in [0.1, 0.15) is 11.4 Å². The van der Waals surface area contributed by atoms with E-state index in [1.807, 2.05) is 45.0 Å². The molecule has 1 aromatic rings. The molecule has 1 fully saturated rings. The molecule has 0 aromatic heterocycles. The predicted molar refractivity (Wildman–Crippen MR) is 76.5 cm³/mol. The maximum Gasteiger partial charge on any atom is 0.241 e. The second kappa shape index (κ2) is 5.61. The molecule has 1 unspecified atom stereocenters. The molecule has 1 heterocycles. The third kappa shape index (κ3) is 4.24. The Balaban J connectivity index is 1.93. The minimum absolute atomic E-state index is 0.0435. The van der Waals surface area contributed by atoms with Crippen LogP contribution in [-0.2, 0) is 4.79 Å². The van der Waals surface area contributed by atoms with Gasteiger partial charge in [-0.1, -0.05) is 0 Å². The first-order valence-corrected chi connectivity index (χ1v) is 6.77. The number of rotatable bonds is 3. The lowest BCUT2D eigenvalue weighted by Gasteiger charge is -2.21. The Labute approximate surface area is 114 Å². The lowest BCUT2D eigenvalue weighted by Crippen LogP contribution is -2.35. The van der Waals surface area contributed by atoms with Gasteiger partial charge in [0.2, 0.25) is 5.91 Å². The van der Waals surface area contributed by atoms with E-state index in [1.54, 1.807) is 0 Å². The Morgan fingerprint density at radius 1 is 1.32 bits per heavy atom. The second-order valence-electron chi connectivity index (χ2n) is 5.88. The summed E-state index contributed by atoms with van der Waals surface area (Å²) in [7, 11) is 0. The molecular formula is C15H22N2O2. The van der Waals surface area contributed by atoms with Crippen LogP contribution in [0.2, 0.25) is 0 Å². The van der Waals surface area contributed by atoms with E-state index < -0.39 is 0 Å². The van der Waals surface area contributed by atoms with Crippen LogP contribution in [0.3, 0.4) is 0 Å². The summed E-state index contributed by atoms with van der Waals surface area (Å²) < 4.78 is 5.74. The van der Waals surface area contributed by atoms with Crippen LogP contribution < -0.4 is 15.4 Å². The third-order valence-electron chi connectivity index (χ3n) is 2.92. The zero-order valence-electron chi connectivity index (χ0n) is 11.8. The van der Waals surface area contributed by atoms with Gasteiger partial charge in [-0.05, 0) is 64.4 Å². The smallest absolute Gasteiger partial charge is 0.241 e. The molecule has 19 heavy (non-hydrogen) atoms. The van der Waals surface area contributed by atoms with Crippen molar-refractivity contribution < 1.29 is 9.53 Å². The Bertz CT molecular complexity index is 428. The largest absolute Gasteiger partial charge is 0.488 e. The number of benzene rings is 1. The fourth-order valence-corrected chi connectivity index (χ4v) is 2.10. The van der Waals surface area contributed by atoms with Crippen molar-refractivity contribution in [1.29, 1.82) is 0 Å². The summed E-state index contributed by atoms with van der Waals surface area (Å²) in [5.41, 5.74) is 0.596. The van der Waals surface area contributed by atoms with Crippen molar-refractivity contribution in [3.8, 4) is 5.75 Å². The van der Waals surface area contributed by atoms with Gasteiger partial charge in [-0.15, -0.1) is 0 Å². The van der Waals surface area contributed by atoms with Crippen LogP contribution in [0.15, 0.2) is 24.3 Å². The maximum absolute atomic E-state index is 11.9. The van der Waals surface area contributed by atoms with E-state index >= 15 is 0 Å². The molecule has 1 aliphatic heterocycles. The highest BCUT2D eigenvalue weighted by Crippen LogP contribution is 2.20. The van der Waals surface area contributed by atoms with Gasteiger partial charge in [-0.3, -0.25) is 4.79 Å². The molecule has 104 valence electrons. The summed E-state index contributed by atoms with van der Waals surface area (Å²) in [6.45, 7) is 6.95. The molecule has 1 aromatic carbocycles. The number of hydrogen-bond acceptors (Lipinski definition) is 3. The van der Waals surface area contributed by atoms with Crippen LogP contribution in [0.5, 0.6) is 5.75 Å². The zero-order chi connectivity index (χ0) is 13.9. The van der Waals surface area contributed by atoms with Crippen molar-refractivity contribution in [1.82, 2.24) is 5.32 Å². The molecule has 1 atom stereocenters. The number of carbonyl (C=O) groups is 1. The Morgan fingerprint density at radius 2 is 2.00 bits per heavy atom. The summed E-state index contributed by atoms with van der Waals surface area (Å²) in [5.74, 6) is 0.853. The third-order valence-corrected chi connectivity index (χ3v) is 2.92. The fraction of sp³-hybridized carbons (Fsp3) is 0.533. The molecule has 1 saturated heterocycles. The van der Waals surface area contributed by atoms with E-state index in [2.05, 4.69) is 10.6 Å². The van der Waals surface area contributed by atoms with E-state index in [0.29, 0.717) is 0 Å². The molecule has 0 spiro atoms. The van der Waals surface area contributed by atoms with Gasteiger partial charge in [0.25, 0.3) is 0 Å². The molecule has 0 bridgehead atoms. The summed E-state index contributed by atoms with van der Waals surface area (Å²) in [6, 6.07) is 7.44. The number of anilines is 1. The molecule has 4 heteroatoms. The van der Waals surface area contributed by atoms with Crippen LogP contribution in [0.4, 0.5) is 5.69 Å². The molecule has 4 nitrogen and oxygen atoms in total. The quantitative estimate of drug-likeness (QED) is 0.880. The SMILES string of the molecule is CC(C)(C)Oc1ccc(NC(=O)C2CCCN2)cc1. The molecular weight excluding hydrogens is 240 g/mol. The van der Waals surface area contributed by atoms with E-state index in [9.17, 15) is 4.79 Å². The van der Waals surface area contributed by atoms with E-state index in [1.165, 1.54) is 0 Å². The highest BCUT2D eigenvalue weighted by atomic mass is 16.5. The minimum Gasteiger partial charge on any atom is -0.488 e. The number of nitrogens with one attached hydrogen (secondary N) is 2. The first kappa shape index (κ1) is 13.9. The van der Waals surface area contributed by atoms with Crippen LogP contribution in [0, 0.1) is 0 Å². The summed E-state index contributed by atoms with van der Waals surface area (Å²) in [4.78, 5) is 11.9. The summed E-state index contributed by atoms with van der Waals surface area (Å²) in [5, 5.41) is 6.10. The van der Waals surface area contributed by atoms with Crippen molar-refractivity contribution in [2.75, 3.05) is 11.9 Å². The molecule has 0 aliphatic carbocycles. The number of carbonyl (C=O) groups excluding carboxylic acids is 1. The summed E-state index contributed by atoms with van der Waals surface area (Å²) >= 11 is 0. The van der Waals surface area contributed by atoms with Gasteiger partial charge < -0.3 is 15.4 Å². The standard InChI is InChI=1S/C15H22N2O2/c1-15(2,3)19-12-8-6-11(7-9-12)17-14(18)13-5-4-10-16-13/h6-9,13,16H,4-5,10H2,1-3H3,(H,17,18). The summed E-state index contributed by atoms with van der Waals surface area (Å²) in [6.07, 6.45) is 1.98. The predicted octanol–water partition coefficient (Wildman–Crippen LogP) is 2.55. The van der Waals surface area contributed by atoms with Gasteiger partial charge in [0.05, 0.1) is 6.04 Å². The van der Waals surface area contributed by atoms with Gasteiger partial charge in [0.15, 0.2) is 0 Å². The normalized spacial score (nSPS) is 19.2. The number of ether oxygens (including phenoxy) is 1. The van der Waals surface area contributed by atoms with Crippen molar-refractivity contribution >= 4 is 11.6 Å². The average Bonchev–Trinajstić information content (AvgIpc) is 2.83. The van der Waals surface area contributed by atoms with Crippen molar-refractivity contribution in [2.45, 2.75) is 45.3 Å². The molecule has 0 radical (unpaired) electrons. The van der Waals surface area contributed by atoms with E-state index in [-0.39, 0.29) is 17.6 Å². The minimum atomic E-state index is -0.210. The van der Waals surface area contributed by atoms with Crippen LogP contribution in [-0.4, -0.2) is 24.1 Å². The first-order chi connectivity index (χ1) is 8.94. The monoisotopic (exact) mass is 262 g/mol. The molecule has 1 aliphatic rings. The first-order valence-electron chi connectivity index (χ1n) is 6.77. The van der Waals surface area contributed by atoms with Crippen LogP contribution >= 0.6 is 0 Å². The van der Waals surface area contributed by atoms with Crippen molar-refractivity contribution in [2.24, 2.45) is 0 Å². The number of amides is 1. The molecule has 1 amide bonds. The number of hydrogen-bond donors (Lipinski definition) is 2. The topological polar surface area (TPSA) is 50.4 Å². The fourth-order valence-electron chi connectivity index (χ4n) is 2.10. The van der Waals surface area contributed by atoms with Gasteiger partial charge in [-0.25, -0.2) is 0 Å². The average molecular weight is 262 g/mol. The lowest BCUT2D eigenvalue weighted by molar-refractivity contribution is -0.117. The Morgan fingerprint density at radius 3 is 2.53 bits per heavy atom. The van der Waals surface area contributed by atoms with E-state index in [0.717, 1.165) is 30.8 Å². The molecule has 2 N–H and O–H groups in total. The van der Waals surface area contributed by atoms with Crippen LogP contribution in [0.25, 0.3) is 0 Å². The maximum atomic E-state index is 11.9. The van der Waals surface area contributed by atoms with Crippen molar-refractivity contribution in [3.05, 3.63) is 24.3 Å². The molecule has 0 saturated carbocycles. The highest BCUT2D eigenvalue weighted by molar-refractivity contribution is 5.95. The molecule has 2 rings (SSSR count). The Hall–Kier alpha value is -1.55. The second-order valence-corrected chi connectivity index (χ2v) is 5.88. The van der Waals surface area contributed by atoms with Gasteiger partial charge in [0, 0.05) is 5.69 Å². The zero-order valence-corrected chi connectivity index (χ0v) is 11.8. The van der Waals surface area contributed by atoms with Crippen molar-refractivity contribution in [3.63, 3.8) is 0 Å². The Kier molecular flexibility index (Phi) is 4.10. The lowest BCUT2D eigenvalue weighted by atomic mass is 10.2. The van der Waals surface area contributed by atoms with Gasteiger partial charge >= 0.3 is 0 Å². The van der Waals surface area contributed by atoms with E-state index in [4.69, 9.17) is 4.74 Å². The van der Waals surface area contributed by atoms with Crippen LogP contribution in [0.1, 0.15) is 33.6 Å². The van der Waals surface area contributed by atoms with Gasteiger partial charge in [-0.2, -0.15) is 0 Å².